The van der Waals surface area contributed by atoms with Gasteiger partial charge in [-0.15, -0.1) is 0 Å². The molecule has 3 fully saturated rings. The van der Waals surface area contributed by atoms with Crippen molar-refractivity contribution in [2.75, 3.05) is 32.9 Å². The van der Waals surface area contributed by atoms with Crippen molar-refractivity contribution in [3.63, 3.8) is 0 Å². The van der Waals surface area contributed by atoms with Crippen LogP contribution in [0.15, 0.2) is 18.2 Å². The van der Waals surface area contributed by atoms with E-state index < -0.39 is 0 Å². The van der Waals surface area contributed by atoms with Crippen molar-refractivity contribution in [1.82, 2.24) is 10.2 Å². The molecule has 0 saturated carbocycles. The van der Waals surface area contributed by atoms with Crippen LogP contribution in [0.1, 0.15) is 30.4 Å². The van der Waals surface area contributed by atoms with Gasteiger partial charge in [0.1, 0.15) is 5.82 Å². The molecule has 1 amide bonds. The van der Waals surface area contributed by atoms with E-state index >= 15 is 0 Å². The lowest BCUT2D eigenvalue weighted by molar-refractivity contribution is -0.128. The van der Waals surface area contributed by atoms with Crippen LogP contribution in [0.5, 0.6) is 0 Å². The Morgan fingerprint density at radius 3 is 2.89 bits per heavy atom. The second kappa shape index (κ2) is 8.25. The second-order valence-electron chi connectivity index (χ2n) is 8.12. The van der Waals surface area contributed by atoms with E-state index in [2.05, 4.69) is 10.2 Å². The van der Waals surface area contributed by atoms with Gasteiger partial charge in [-0.1, -0.05) is 17.7 Å². The molecule has 1 aromatic carbocycles. The van der Waals surface area contributed by atoms with Crippen molar-refractivity contribution in [2.24, 2.45) is 11.8 Å². The summed E-state index contributed by atoms with van der Waals surface area (Å²) in [5, 5.41) is 3.14. The van der Waals surface area contributed by atoms with E-state index in [-0.39, 0.29) is 29.8 Å². The monoisotopic (exact) mass is 376 g/mol. The third-order valence-electron chi connectivity index (χ3n) is 6.22. The summed E-state index contributed by atoms with van der Waals surface area (Å²) in [5.74, 6) is 0.223. The maximum absolute atomic E-state index is 14.2. The SMILES string of the molecule is Cc1ccc(F)c(CN2C[C@H](C(=O)NCC3CCOCC3)[C@H]3OCC[C@H]32)c1. The van der Waals surface area contributed by atoms with Crippen molar-refractivity contribution >= 4 is 5.91 Å². The first-order valence-corrected chi connectivity index (χ1v) is 10.1. The summed E-state index contributed by atoms with van der Waals surface area (Å²) in [4.78, 5) is 15.1. The van der Waals surface area contributed by atoms with Gasteiger partial charge in [-0.3, -0.25) is 9.69 Å². The lowest BCUT2D eigenvalue weighted by Crippen LogP contribution is -2.40. The Hall–Kier alpha value is -1.50. The molecule has 3 atom stereocenters. The average molecular weight is 376 g/mol. The number of halogens is 1. The summed E-state index contributed by atoms with van der Waals surface area (Å²) in [6.45, 7) is 6.08. The second-order valence-corrected chi connectivity index (χ2v) is 8.12. The number of ether oxygens (including phenoxy) is 2. The zero-order chi connectivity index (χ0) is 18.8. The molecule has 0 radical (unpaired) electrons. The number of hydrogen-bond donors (Lipinski definition) is 1. The van der Waals surface area contributed by atoms with Gasteiger partial charge in [0.25, 0.3) is 0 Å². The molecule has 0 spiro atoms. The smallest absolute Gasteiger partial charge is 0.227 e. The predicted molar refractivity (Wildman–Crippen MR) is 99.7 cm³/mol. The topological polar surface area (TPSA) is 50.8 Å². The summed E-state index contributed by atoms with van der Waals surface area (Å²) in [5.41, 5.74) is 1.75. The van der Waals surface area contributed by atoms with Crippen LogP contribution in [0, 0.1) is 24.6 Å². The van der Waals surface area contributed by atoms with Crippen LogP contribution in [0.3, 0.4) is 0 Å². The van der Waals surface area contributed by atoms with Crippen LogP contribution in [0.4, 0.5) is 4.39 Å². The van der Waals surface area contributed by atoms with Gasteiger partial charge < -0.3 is 14.8 Å². The Kier molecular flexibility index (Phi) is 5.76. The number of nitrogens with one attached hydrogen (secondary N) is 1. The molecule has 5 nitrogen and oxygen atoms in total. The molecule has 27 heavy (non-hydrogen) atoms. The molecule has 0 bridgehead atoms. The van der Waals surface area contributed by atoms with Gasteiger partial charge in [-0.2, -0.15) is 0 Å². The van der Waals surface area contributed by atoms with Crippen molar-refractivity contribution in [3.05, 3.63) is 35.1 Å². The summed E-state index contributed by atoms with van der Waals surface area (Å²) in [6.07, 6.45) is 2.84. The van der Waals surface area contributed by atoms with Gasteiger partial charge in [-0.05, 0) is 38.2 Å². The van der Waals surface area contributed by atoms with Crippen molar-refractivity contribution < 1.29 is 18.7 Å². The molecule has 148 valence electrons. The fourth-order valence-corrected chi connectivity index (χ4v) is 4.65. The highest BCUT2D eigenvalue weighted by Gasteiger charge is 2.48. The summed E-state index contributed by atoms with van der Waals surface area (Å²) < 4.78 is 25.5. The summed E-state index contributed by atoms with van der Waals surface area (Å²) in [7, 11) is 0. The van der Waals surface area contributed by atoms with Crippen LogP contribution in [0.2, 0.25) is 0 Å². The Balaban J connectivity index is 1.39. The van der Waals surface area contributed by atoms with Gasteiger partial charge in [0, 0.05) is 51.1 Å². The molecular weight excluding hydrogens is 347 g/mol. The fraction of sp³-hybridized carbons (Fsp3) is 0.667. The minimum Gasteiger partial charge on any atom is -0.381 e. The molecule has 3 heterocycles. The first-order valence-electron chi connectivity index (χ1n) is 10.1. The van der Waals surface area contributed by atoms with Gasteiger partial charge >= 0.3 is 0 Å². The molecule has 3 aliphatic rings. The zero-order valence-corrected chi connectivity index (χ0v) is 16.0. The van der Waals surface area contributed by atoms with Crippen molar-refractivity contribution in [3.8, 4) is 0 Å². The van der Waals surface area contributed by atoms with Gasteiger partial charge in [-0.25, -0.2) is 4.39 Å². The van der Waals surface area contributed by atoms with E-state index in [1.807, 2.05) is 13.0 Å². The van der Waals surface area contributed by atoms with Crippen LogP contribution in [-0.4, -0.2) is 55.9 Å². The minimum atomic E-state index is -0.177. The molecular formula is C21H29FN2O3. The predicted octanol–water partition coefficient (Wildman–Crippen LogP) is 2.27. The summed E-state index contributed by atoms with van der Waals surface area (Å²) >= 11 is 0. The third-order valence-corrected chi connectivity index (χ3v) is 6.22. The molecule has 0 aliphatic carbocycles. The number of carbonyl (C=O) groups is 1. The number of aryl methyl sites for hydroxylation is 1. The fourth-order valence-electron chi connectivity index (χ4n) is 4.65. The summed E-state index contributed by atoms with van der Waals surface area (Å²) in [6, 6.07) is 5.42. The maximum atomic E-state index is 14.2. The highest BCUT2D eigenvalue weighted by Crippen LogP contribution is 2.35. The molecule has 1 aromatic rings. The Bertz CT molecular complexity index is 677. The quantitative estimate of drug-likeness (QED) is 0.857. The number of fused-ring (bicyclic) bond motifs is 1. The van der Waals surface area contributed by atoms with Crippen molar-refractivity contribution in [2.45, 2.75) is 44.9 Å². The largest absolute Gasteiger partial charge is 0.381 e. The van der Waals surface area contributed by atoms with Crippen LogP contribution in [-0.2, 0) is 20.8 Å². The van der Waals surface area contributed by atoms with E-state index in [0.717, 1.165) is 38.0 Å². The maximum Gasteiger partial charge on any atom is 0.227 e. The van der Waals surface area contributed by atoms with E-state index in [1.165, 1.54) is 6.07 Å². The molecule has 3 saturated heterocycles. The Morgan fingerprint density at radius 2 is 2.07 bits per heavy atom. The highest BCUT2D eigenvalue weighted by atomic mass is 19.1. The van der Waals surface area contributed by atoms with Crippen LogP contribution in [0.25, 0.3) is 0 Å². The molecule has 4 rings (SSSR count). The number of hydrogen-bond acceptors (Lipinski definition) is 4. The first-order chi connectivity index (χ1) is 13.1. The van der Waals surface area contributed by atoms with Gasteiger partial charge in [0.2, 0.25) is 5.91 Å². The third kappa shape index (κ3) is 4.18. The normalized spacial score (nSPS) is 29.0. The molecule has 1 N–H and O–H groups in total. The number of likely N-dealkylation sites (tertiary alicyclic amines) is 1. The number of amides is 1. The number of benzene rings is 1. The minimum absolute atomic E-state index is 0.0746. The van der Waals surface area contributed by atoms with Crippen molar-refractivity contribution in [1.29, 1.82) is 0 Å². The van der Waals surface area contributed by atoms with Crippen LogP contribution < -0.4 is 5.32 Å². The van der Waals surface area contributed by atoms with E-state index in [4.69, 9.17) is 9.47 Å². The molecule has 6 heteroatoms. The standard InChI is InChI=1S/C21H29FN2O3/c1-14-2-3-18(22)16(10-14)12-24-13-17(20-19(24)6-9-27-20)21(25)23-11-15-4-7-26-8-5-15/h2-3,10,15,17,19-20H,4-9,11-13H2,1H3,(H,23,25)/t17-,19+,20+/m0/s1. The number of carbonyl (C=O) groups excluding carboxylic acids is 1. The van der Waals surface area contributed by atoms with E-state index in [9.17, 15) is 9.18 Å². The lowest BCUT2D eigenvalue weighted by atomic mass is 9.98. The average Bonchev–Trinajstić information content (AvgIpc) is 3.27. The number of nitrogens with zero attached hydrogens (tertiary/aromatic N) is 1. The highest BCUT2D eigenvalue weighted by molar-refractivity contribution is 5.80. The first kappa shape index (κ1) is 18.8. The zero-order valence-electron chi connectivity index (χ0n) is 16.0. The van der Waals surface area contributed by atoms with E-state index in [0.29, 0.717) is 37.7 Å². The molecule has 3 aliphatic heterocycles. The Labute approximate surface area is 160 Å². The number of rotatable bonds is 5. The Morgan fingerprint density at radius 1 is 1.26 bits per heavy atom. The van der Waals surface area contributed by atoms with E-state index in [1.54, 1.807) is 6.07 Å². The van der Waals surface area contributed by atoms with Gasteiger partial charge in [0.15, 0.2) is 0 Å². The molecule has 0 unspecified atom stereocenters. The molecule has 0 aromatic heterocycles. The van der Waals surface area contributed by atoms with Gasteiger partial charge in [0.05, 0.1) is 12.0 Å². The van der Waals surface area contributed by atoms with Crippen LogP contribution >= 0.6 is 0 Å². The lowest BCUT2D eigenvalue weighted by Gasteiger charge is -2.23.